The maximum absolute atomic E-state index is 13.5. The van der Waals surface area contributed by atoms with E-state index in [4.69, 9.17) is 0 Å². The SMILES string of the molecule is Cc1ccc(C)c2sc(NC(=O)Nc3c(F)cccc3F)nc12. The highest BCUT2D eigenvalue weighted by molar-refractivity contribution is 7.22. The normalized spacial score (nSPS) is 10.8. The first kappa shape index (κ1) is 15.4. The number of anilines is 2. The van der Waals surface area contributed by atoms with Crippen molar-refractivity contribution in [3.8, 4) is 0 Å². The zero-order valence-electron chi connectivity index (χ0n) is 12.4. The number of rotatable bonds is 2. The fourth-order valence-corrected chi connectivity index (χ4v) is 3.18. The number of carbonyl (C=O) groups excluding carboxylic acids is 1. The van der Waals surface area contributed by atoms with Gasteiger partial charge in [0.15, 0.2) is 5.13 Å². The summed E-state index contributed by atoms with van der Waals surface area (Å²) < 4.78 is 28.0. The minimum absolute atomic E-state index is 0.367. The minimum atomic E-state index is -0.837. The van der Waals surface area contributed by atoms with Crippen molar-refractivity contribution in [3.63, 3.8) is 0 Å². The number of halogens is 2. The molecule has 0 fully saturated rings. The number of para-hydroxylation sites is 1. The quantitative estimate of drug-likeness (QED) is 0.705. The Hall–Kier alpha value is -2.54. The van der Waals surface area contributed by atoms with Crippen LogP contribution in [0.1, 0.15) is 11.1 Å². The molecular weight excluding hydrogens is 320 g/mol. The van der Waals surface area contributed by atoms with E-state index in [0.29, 0.717) is 5.13 Å². The van der Waals surface area contributed by atoms with Crippen molar-refractivity contribution < 1.29 is 13.6 Å². The molecule has 23 heavy (non-hydrogen) atoms. The highest BCUT2D eigenvalue weighted by Gasteiger charge is 2.14. The van der Waals surface area contributed by atoms with E-state index in [2.05, 4.69) is 15.6 Å². The summed E-state index contributed by atoms with van der Waals surface area (Å²) in [5.41, 5.74) is 2.37. The van der Waals surface area contributed by atoms with Crippen molar-refractivity contribution in [2.75, 3.05) is 10.6 Å². The van der Waals surface area contributed by atoms with Gasteiger partial charge in [-0.25, -0.2) is 18.6 Å². The highest BCUT2D eigenvalue weighted by Crippen LogP contribution is 2.31. The van der Waals surface area contributed by atoms with Crippen LogP contribution in [-0.2, 0) is 0 Å². The van der Waals surface area contributed by atoms with Crippen LogP contribution in [0, 0.1) is 25.5 Å². The van der Waals surface area contributed by atoms with Crippen molar-refractivity contribution in [1.82, 2.24) is 4.98 Å². The van der Waals surface area contributed by atoms with E-state index in [0.717, 1.165) is 33.5 Å². The molecule has 2 N–H and O–H groups in total. The number of benzene rings is 2. The number of aromatic nitrogens is 1. The molecule has 3 rings (SSSR count). The molecule has 1 aromatic heterocycles. The van der Waals surface area contributed by atoms with Crippen molar-refractivity contribution in [1.29, 1.82) is 0 Å². The van der Waals surface area contributed by atoms with Gasteiger partial charge in [0.2, 0.25) is 0 Å². The zero-order chi connectivity index (χ0) is 16.6. The second-order valence-electron chi connectivity index (χ2n) is 5.07. The van der Waals surface area contributed by atoms with Gasteiger partial charge in [-0.3, -0.25) is 5.32 Å². The van der Waals surface area contributed by atoms with E-state index in [1.807, 2.05) is 26.0 Å². The molecule has 7 heteroatoms. The second-order valence-corrected chi connectivity index (χ2v) is 6.07. The summed E-state index contributed by atoms with van der Waals surface area (Å²) in [5.74, 6) is -1.67. The molecule has 0 saturated heterocycles. The number of nitrogens with zero attached hydrogens (tertiary/aromatic N) is 1. The smallest absolute Gasteiger partial charge is 0.302 e. The summed E-state index contributed by atoms with van der Waals surface area (Å²) in [6.45, 7) is 3.89. The van der Waals surface area contributed by atoms with Gasteiger partial charge >= 0.3 is 6.03 Å². The Morgan fingerprint density at radius 1 is 1.04 bits per heavy atom. The van der Waals surface area contributed by atoms with E-state index in [9.17, 15) is 13.6 Å². The van der Waals surface area contributed by atoms with Gasteiger partial charge in [-0.2, -0.15) is 0 Å². The number of nitrogens with one attached hydrogen (secondary N) is 2. The Morgan fingerprint density at radius 3 is 2.35 bits per heavy atom. The van der Waals surface area contributed by atoms with E-state index < -0.39 is 23.4 Å². The van der Waals surface area contributed by atoms with Crippen LogP contribution in [0.15, 0.2) is 30.3 Å². The average Bonchev–Trinajstić information content (AvgIpc) is 2.92. The van der Waals surface area contributed by atoms with E-state index >= 15 is 0 Å². The predicted molar refractivity (Wildman–Crippen MR) is 88.1 cm³/mol. The number of thiazole rings is 1. The lowest BCUT2D eigenvalue weighted by Gasteiger charge is -2.07. The molecule has 118 valence electrons. The van der Waals surface area contributed by atoms with Crippen LogP contribution in [0.5, 0.6) is 0 Å². The molecule has 0 atom stereocenters. The third-order valence-corrected chi connectivity index (χ3v) is 4.47. The Labute approximate surface area is 135 Å². The summed E-state index contributed by atoms with van der Waals surface area (Å²) >= 11 is 1.31. The fourth-order valence-electron chi connectivity index (χ4n) is 2.17. The molecule has 4 nitrogen and oxygen atoms in total. The molecule has 0 unspecified atom stereocenters. The number of amides is 2. The standard InChI is InChI=1S/C16H13F2N3OS/c1-8-6-7-9(2)14-12(8)20-16(23-14)21-15(22)19-13-10(17)4-3-5-11(13)18/h3-7H,1-2H3,(H2,19,20,21,22). The van der Waals surface area contributed by atoms with Crippen LogP contribution in [0.2, 0.25) is 0 Å². The lowest BCUT2D eigenvalue weighted by molar-refractivity contribution is 0.262. The van der Waals surface area contributed by atoms with Crippen LogP contribution >= 0.6 is 11.3 Å². The van der Waals surface area contributed by atoms with Gasteiger partial charge in [0.1, 0.15) is 17.3 Å². The van der Waals surface area contributed by atoms with Crippen LogP contribution in [0.4, 0.5) is 24.4 Å². The average molecular weight is 333 g/mol. The van der Waals surface area contributed by atoms with Crippen molar-refractivity contribution in [2.45, 2.75) is 13.8 Å². The first-order valence-corrected chi connectivity index (χ1v) is 7.66. The van der Waals surface area contributed by atoms with Crippen LogP contribution in [-0.4, -0.2) is 11.0 Å². The Bertz CT molecular complexity index is 848. The van der Waals surface area contributed by atoms with Gasteiger partial charge in [0.25, 0.3) is 0 Å². The summed E-state index contributed by atoms with van der Waals surface area (Å²) in [7, 11) is 0. The molecule has 0 saturated carbocycles. The Kier molecular flexibility index (Phi) is 3.96. The zero-order valence-corrected chi connectivity index (χ0v) is 13.2. The summed E-state index contributed by atoms with van der Waals surface area (Å²) in [4.78, 5) is 16.3. The van der Waals surface area contributed by atoms with E-state index in [-0.39, 0.29) is 0 Å². The van der Waals surface area contributed by atoms with Gasteiger partial charge in [0, 0.05) is 0 Å². The van der Waals surface area contributed by atoms with Gasteiger partial charge < -0.3 is 5.32 Å². The van der Waals surface area contributed by atoms with Crippen LogP contribution < -0.4 is 10.6 Å². The molecule has 0 radical (unpaired) electrons. The lowest BCUT2D eigenvalue weighted by Crippen LogP contribution is -2.20. The minimum Gasteiger partial charge on any atom is -0.302 e. The van der Waals surface area contributed by atoms with E-state index in [1.165, 1.54) is 17.4 Å². The largest absolute Gasteiger partial charge is 0.325 e. The monoisotopic (exact) mass is 333 g/mol. The first-order valence-electron chi connectivity index (χ1n) is 6.84. The second kappa shape index (κ2) is 5.92. The molecule has 0 aliphatic rings. The molecule has 2 amide bonds. The lowest BCUT2D eigenvalue weighted by atomic mass is 10.1. The number of urea groups is 1. The highest BCUT2D eigenvalue weighted by atomic mass is 32.1. The third kappa shape index (κ3) is 3.00. The molecular formula is C16H13F2N3OS. The van der Waals surface area contributed by atoms with Gasteiger partial charge in [-0.15, -0.1) is 0 Å². The van der Waals surface area contributed by atoms with Crippen molar-refractivity contribution in [3.05, 3.63) is 53.1 Å². The molecule has 0 spiro atoms. The summed E-state index contributed by atoms with van der Waals surface area (Å²) in [6.07, 6.45) is 0. The summed E-state index contributed by atoms with van der Waals surface area (Å²) in [5, 5.41) is 5.05. The number of hydrogen-bond acceptors (Lipinski definition) is 3. The van der Waals surface area contributed by atoms with Gasteiger partial charge in [-0.05, 0) is 37.1 Å². The number of carbonyl (C=O) groups is 1. The van der Waals surface area contributed by atoms with E-state index in [1.54, 1.807) is 0 Å². The maximum Gasteiger partial charge on any atom is 0.325 e. The van der Waals surface area contributed by atoms with Crippen molar-refractivity contribution in [2.24, 2.45) is 0 Å². The van der Waals surface area contributed by atoms with Gasteiger partial charge in [-0.1, -0.05) is 29.5 Å². The van der Waals surface area contributed by atoms with Crippen LogP contribution in [0.3, 0.4) is 0 Å². The predicted octanol–water partition coefficient (Wildman–Crippen LogP) is 4.84. The fraction of sp³-hybridized carbons (Fsp3) is 0.125. The maximum atomic E-state index is 13.5. The third-order valence-electron chi connectivity index (χ3n) is 3.36. The topological polar surface area (TPSA) is 54.0 Å². The van der Waals surface area contributed by atoms with Crippen molar-refractivity contribution >= 4 is 38.4 Å². The number of hydrogen-bond donors (Lipinski definition) is 2. The Morgan fingerprint density at radius 2 is 1.70 bits per heavy atom. The van der Waals surface area contributed by atoms with Crippen LogP contribution in [0.25, 0.3) is 10.2 Å². The molecule has 3 aromatic rings. The number of fused-ring (bicyclic) bond motifs is 1. The molecule has 0 bridgehead atoms. The summed E-state index contributed by atoms with van der Waals surface area (Å²) in [6, 6.07) is 6.56. The molecule has 0 aliphatic carbocycles. The number of aryl methyl sites for hydroxylation is 2. The molecule has 1 heterocycles. The molecule has 0 aliphatic heterocycles. The first-order chi connectivity index (χ1) is 11.0. The molecule has 2 aromatic carbocycles. The Balaban J connectivity index is 1.83. The van der Waals surface area contributed by atoms with Gasteiger partial charge in [0.05, 0.1) is 10.2 Å².